The van der Waals surface area contributed by atoms with Crippen LogP contribution in [-0.4, -0.2) is 43.1 Å². The smallest absolute Gasteiger partial charge is 0.407 e. The number of hydrogen-bond acceptors (Lipinski definition) is 5. The predicted molar refractivity (Wildman–Crippen MR) is 123 cm³/mol. The average Bonchev–Trinajstić information content (AvgIpc) is 3.31. The summed E-state index contributed by atoms with van der Waals surface area (Å²) in [5.74, 6) is -0.364. The maximum absolute atomic E-state index is 12.8. The second kappa shape index (κ2) is 11.0. The molecule has 1 saturated heterocycles. The van der Waals surface area contributed by atoms with Gasteiger partial charge in [-0.25, -0.2) is 4.79 Å². The van der Waals surface area contributed by atoms with Gasteiger partial charge in [-0.3, -0.25) is 9.59 Å². The van der Waals surface area contributed by atoms with Crippen molar-refractivity contribution in [2.45, 2.75) is 50.4 Å². The molecule has 1 fully saturated rings. The van der Waals surface area contributed by atoms with Crippen molar-refractivity contribution in [2.75, 3.05) is 13.1 Å². The Balaban J connectivity index is 1.16. The number of fused-ring (bicyclic) bond motifs is 1. The van der Waals surface area contributed by atoms with Crippen LogP contribution >= 0.6 is 0 Å². The van der Waals surface area contributed by atoms with Crippen LogP contribution in [0.5, 0.6) is 0 Å². The van der Waals surface area contributed by atoms with E-state index >= 15 is 0 Å². The van der Waals surface area contributed by atoms with Gasteiger partial charge in [0.2, 0.25) is 11.8 Å². The first kappa shape index (κ1) is 22.8. The third-order valence-electron chi connectivity index (χ3n) is 6.10. The zero-order valence-corrected chi connectivity index (χ0v) is 18.5. The summed E-state index contributed by atoms with van der Waals surface area (Å²) in [5.41, 5.74) is 3.37. The number of ether oxygens (including phenoxy) is 1. The molecule has 33 heavy (non-hydrogen) atoms. The van der Waals surface area contributed by atoms with Crippen molar-refractivity contribution in [3.8, 4) is 0 Å². The number of carbonyl (C=O) groups excluding carboxylic acids is 3. The summed E-state index contributed by atoms with van der Waals surface area (Å²) in [4.78, 5) is 36.8. The van der Waals surface area contributed by atoms with Gasteiger partial charge in [0, 0.05) is 12.6 Å². The van der Waals surface area contributed by atoms with E-state index in [0.717, 1.165) is 24.8 Å². The minimum Gasteiger partial charge on any atom is -0.445 e. The molecule has 0 unspecified atom stereocenters. The fourth-order valence-corrected chi connectivity index (χ4v) is 4.43. The van der Waals surface area contributed by atoms with Crippen molar-refractivity contribution < 1.29 is 19.1 Å². The van der Waals surface area contributed by atoms with E-state index in [1.54, 1.807) is 0 Å². The minimum absolute atomic E-state index is 0.0315. The molecule has 2 aromatic rings. The molecule has 0 spiro atoms. The van der Waals surface area contributed by atoms with Gasteiger partial charge in [0.05, 0.1) is 12.1 Å². The van der Waals surface area contributed by atoms with Crippen LogP contribution in [0.1, 0.15) is 42.0 Å². The molecule has 0 aromatic heterocycles. The Bertz CT molecular complexity index is 981. The molecule has 3 atom stereocenters. The zero-order chi connectivity index (χ0) is 23.0. The standard InChI is InChI=1S/C25H30N4O4/c30-23(15-27-25(32)33-16-17-7-2-1-3-8-17)28-19-13-22(26-14-19)24(31)29-21-12-6-10-18-9-4-5-11-20(18)21/h1-5,7-9,11,19,21-22,26H,6,10,12-16H2,(H,27,32)(H,28,30)(H,29,31)/t19-,21+,22-/m0/s1. The number of amides is 3. The lowest BCUT2D eigenvalue weighted by atomic mass is 9.87. The third-order valence-corrected chi connectivity index (χ3v) is 6.10. The lowest BCUT2D eigenvalue weighted by Crippen LogP contribution is -2.43. The van der Waals surface area contributed by atoms with E-state index < -0.39 is 6.09 Å². The van der Waals surface area contributed by atoms with E-state index in [1.807, 2.05) is 42.5 Å². The molecular weight excluding hydrogens is 420 g/mol. The summed E-state index contributed by atoms with van der Waals surface area (Å²) >= 11 is 0. The molecule has 1 aliphatic carbocycles. The Morgan fingerprint density at radius 3 is 2.64 bits per heavy atom. The highest BCUT2D eigenvalue weighted by atomic mass is 16.5. The molecule has 3 amide bonds. The number of carbonyl (C=O) groups is 3. The maximum Gasteiger partial charge on any atom is 0.407 e. The summed E-state index contributed by atoms with van der Waals surface area (Å²) in [7, 11) is 0. The highest BCUT2D eigenvalue weighted by Gasteiger charge is 2.32. The van der Waals surface area contributed by atoms with Crippen LogP contribution in [0.15, 0.2) is 54.6 Å². The number of hydrogen-bond donors (Lipinski definition) is 4. The van der Waals surface area contributed by atoms with Crippen molar-refractivity contribution in [3.05, 3.63) is 71.3 Å². The Morgan fingerprint density at radius 1 is 1.00 bits per heavy atom. The van der Waals surface area contributed by atoms with Crippen LogP contribution in [-0.2, 0) is 27.4 Å². The Labute approximate surface area is 193 Å². The van der Waals surface area contributed by atoms with Crippen LogP contribution in [0.2, 0.25) is 0 Å². The summed E-state index contributed by atoms with van der Waals surface area (Å²) in [5, 5.41) is 11.7. The van der Waals surface area contributed by atoms with Crippen molar-refractivity contribution in [3.63, 3.8) is 0 Å². The van der Waals surface area contributed by atoms with Crippen molar-refractivity contribution in [1.29, 1.82) is 0 Å². The largest absolute Gasteiger partial charge is 0.445 e. The van der Waals surface area contributed by atoms with Gasteiger partial charge in [-0.15, -0.1) is 0 Å². The van der Waals surface area contributed by atoms with Crippen molar-refractivity contribution in [2.24, 2.45) is 0 Å². The molecule has 8 heteroatoms. The monoisotopic (exact) mass is 450 g/mol. The van der Waals surface area contributed by atoms with E-state index in [-0.39, 0.29) is 43.1 Å². The lowest BCUT2D eigenvalue weighted by molar-refractivity contribution is -0.124. The van der Waals surface area contributed by atoms with E-state index in [4.69, 9.17) is 4.74 Å². The van der Waals surface area contributed by atoms with Gasteiger partial charge >= 0.3 is 6.09 Å². The predicted octanol–water partition coefficient (Wildman–Crippen LogP) is 1.95. The number of alkyl carbamates (subject to hydrolysis) is 1. The Morgan fingerprint density at radius 2 is 1.79 bits per heavy atom. The van der Waals surface area contributed by atoms with Crippen LogP contribution in [0.25, 0.3) is 0 Å². The van der Waals surface area contributed by atoms with E-state index in [2.05, 4.69) is 33.4 Å². The molecule has 0 radical (unpaired) electrons. The molecule has 174 valence electrons. The molecule has 0 bridgehead atoms. The number of nitrogens with one attached hydrogen (secondary N) is 4. The summed E-state index contributed by atoms with van der Waals surface area (Å²) in [6.45, 7) is 0.465. The van der Waals surface area contributed by atoms with Crippen LogP contribution in [0, 0.1) is 0 Å². The van der Waals surface area contributed by atoms with E-state index in [1.165, 1.54) is 11.1 Å². The molecule has 2 aliphatic rings. The molecule has 8 nitrogen and oxygen atoms in total. The van der Waals surface area contributed by atoms with Gasteiger partial charge in [0.15, 0.2) is 0 Å². The Kier molecular flexibility index (Phi) is 7.57. The maximum atomic E-state index is 12.8. The minimum atomic E-state index is -0.649. The fraction of sp³-hybridized carbons (Fsp3) is 0.400. The van der Waals surface area contributed by atoms with Gasteiger partial charge < -0.3 is 26.0 Å². The van der Waals surface area contributed by atoms with Crippen molar-refractivity contribution >= 4 is 17.9 Å². The zero-order valence-electron chi connectivity index (χ0n) is 18.5. The highest BCUT2D eigenvalue weighted by molar-refractivity contribution is 5.84. The summed E-state index contributed by atoms with van der Waals surface area (Å²) in [6, 6.07) is 17.1. The number of benzene rings is 2. The van der Waals surface area contributed by atoms with E-state index in [0.29, 0.717) is 13.0 Å². The normalized spacial score (nSPS) is 21.5. The molecule has 0 saturated carbocycles. The molecule has 1 aliphatic heterocycles. The molecule has 1 heterocycles. The quantitative estimate of drug-likeness (QED) is 0.516. The topological polar surface area (TPSA) is 109 Å². The lowest BCUT2D eigenvalue weighted by Gasteiger charge is -2.27. The third kappa shape index (κ3) is 6.32. The van der Waals surface area contributed by atoms with Gasteiger partial charge in [0.1, 0.15) is 13.2 Å². The second-order valence-electron chi connectivity index (χ2n) is 8.53. The first-order valence-electron chi connectivity index (χ1n) is 11.4. The molecule has 4 N–H and O–H groups in total. The van der Waals surface area contributed by atoms with Gasteiger partial charge in [-0.2, -0.15) is 0 Å². The molecule has 2 aromatic carbocycles. The second-order valence-corrected chi connectivity index (χ2v) is 8.53. The SMILES string of the molecule is O=C(CNC(=O)OCc1ccccc1)N[C@@H]1CN[C@H](C(=O)N[C@@H]2CCCc3ccccc32)C1. The molecule has 4 rings (SSSR count). The van der Waals surface area contributed by atoms with Crippen molar-refractivity contribution in [1.82, 2.24) is 21.3 Å². The first-order chi connectivity index (χ1) is 16.1. The van der Waals surface area contributed by atoms with Crippen LogP contribution < -0.4 is 21.3 Å². The van der Waals surface area contributed by atoms with Gasteiger partial charge in [-0.1, -0.05) is 54.6 Å². The number of aryl methyl sites for hydroxylation is 1. The van der Waals surface area contributed by atoms with Crippen LogP contribution in [0.3, 0.4) is 0 Å². The van der Waals surface area contributed by atoms with Gasteiger partial charge in [0.25, 0.3) is 0 Å². The average molecular weight is 451 g/mol. The highest BCUT2D eigenvalue weighted by Crippen LogP contribution is 2.29. The summed E-state index contributed by atoms with van der Waals surface area (Å²) < 4.78 is 5.10. The first-order valence-corrected chi connectivity index (χ1v) is 11.4. The fourth-order valence-electron chi connectivity index (χ4n) is 4.43. The van der Waals surface area contributed by atoms with Gasteiger partial charge in [-0.05, 0) is 42.4 Å². The Hall–Kier alpha value is -3.39. The summed E-state index contributed by atoms with van der Waals surface area (Å²) in [6.07, 6.45) is 2.89. The van der Waals surface area contributed by atoms with E-state index in [9.17, 15) is 14.4 Å². The molecular formula is C25H30N4O4. The van der Waals surface area contributed by atoms with Crippen LogP contribution in [0.4, 0.5) is 4.79 Å². The number of rotatable bonds is 7.